The van der Waals surface area contributed by atoms with Crippen LogP contribution in [0.2, 0.25) is 0 Å². The predicted octanol–water partition coefficient (Wildman–Crippen LogP) is 2.18. The average molecular weight is 301 g/mol. The van der Waals surface area contributed by atoms with Gasteiger partial charge in [0.1, 0.15) is 5.82 Å². The first kappa shape index (κ1) is 16.3. The van der Waals surface area contributed by atoms with Gasteiger partial charge in [-0.25, -0.2) is 4.98 Å². The summed E-state index contributed by atoms with van der Waals surface area (Å²) in [4.78, 5) is 6.36. The van der Waals surface area contributed by atoms with Crippen LogP contribution in [0, 0.1) is 0 Å². The van der Waals surface area contributed by atoms with Crippen molar-refractivity contribution in [1.82, 2.24) is 4.98 Å². The van der Waals surface area contributed by atoms with E-state index in [9.17, 15) is 5.11 Å². The van der Waals surface area contributed by atoms with Gasteiger partial charge in [0.2, 0.25) is 0 Å². The lowest BCUT2D eigenvalue weighted by Gasteiger charge is -2.19. The first-order chi connectivity index (χ1) is 10.6. The van der Waals surface area contributed by atoms with E-state index in [1.807, 2.05) is 48.3 Å². The quantitative estimate of drug-likeness (QED) is 0.731. The summed E-state index contributed by atoms with van der Waals surface area (Å²) < 4.78 is 0. The molecule has 118 valence electrons. The summed E-state index contributed by atoms with van der Waals surface area (Å²) in [7, 11) is 1.92. The van der Waals surface area contributed by atoms with E-state index < -0.39 is 0 Å². The van der Waals surface area contributed by atoms with Crippen molar-refractivity contribution in [2.75, 3.05) is 30.4 Å². The van der Waals surface area contributed by atoms with Gasteiger partial charge in [0.05, 0.1) is 25.1 Å². The van der Waals surface area contributed by atoms with Gasteiger partial charge in [-0.3, -0.25) is 0 Å². The van der Waals surface area contributed by atoms with E-state index in [0.717, 1.165) is 22.6 Å². The molecule has 0 bridgehead atoms. The maximum absolute atomic E-state index is 9.20. The number of benzene rings is 1. The number of aliphatic hydroxyl groups is 2. The van der Waals surface area contributed by atoms with Crippen LogP contribution in [-0.2, 0) is 6.61 Å². The molecule has 2 rings (SSSR count). The third kappa shape index (κ3) is 4.19. The van der Waals surface area contributed by atoms with E-state index in [0.29, 0.717) is 6.54 Å². The summed E-state index contributed by atoms with van der Waals surface area (Å²) in [5.74, 6) is 0.794. The second-order valence-corrected chi connectivity index (χ2v) is 5.32. The molecule has 5 nitrogen and oxygen atoms in total. The standard InChI is InChI=1S/C17H23N3O2/c1-13(15-5-3-4-14(10-15)12-22)19-17-7-6-16(11-18-17)20(2)8-9-21/h3-7,10-11,13,21-22H,8-9,12H2,1-2H3,(H,18,19). The summed E-state index contributed by atoms with van der Waals surface area (Å²) in [6, 6.07) is 11.9. The Kier molecular flexibility index (Phi) is 5.75. The third-order valence-electron chi connectivity index (χ3n) is 3.62. The molecule has 1 heterocycles. The molecule has 0 amide bonds. The molecule has 1 unspecified atom stereocenters. The molecule has 1 aromatic carbocycles. The molecule has 0 aliphatic rings. The SMILES string of the molecule is CC(Nc1ccc(N(C)CCO)cn1)c1cccc(CO)c1. The van der Waals surface area contributed by atoms with Gasteiger partial charge in [-0.05, 0) is 30.2 Å². The van der Waals surface area contributed by atoms with Crippen LogP contribution in [0.4, 0.5) is 11.5 Å². The molecule has 0 saturated heterocycles. The number of hydrogen-bond acceptors (Lipinski definition) is 5. The second-order valence-electron chi connectivity index (χ2n) is 5.32. The Hall–Kier alpha value is -2.11. The first-order valence-electron chi connectivity index (χ1n) is 7.38. The Labute approximate surface area is 131 Å². The van der Waals surface area contributed by atoms with Gasteiger partial charge in [-0.1, -0.05) is 24.3 Å². The number of pyridine rings is 1. The van der Waals surface area contributed by atoms with Crippen LogP contribution < -0.4 is 10.2 Å². The number of likely N-dealkylation sites (N-methyl/N-ethyl adjacent to an activating group) is 1. The van der Waals surface area contributed by atoms with Crippen molar-refractivity contribution >= 4 is 11.5 Å². The molecule has 3 N–H and O–H groups in total. The number of hydrogen-bond donors (Lipinski definition) is 3. The minimum Gasteiger partial charge on any atom is -0.395 e. The highest BCUT2D eigenvalue weighted by Gasteiger charge is 2.07. The zero-order valence-electron chi connectivity index (χ0n) is 13.0. The Morgan fingerprint density at radius 2 is 2.05 bits per heavy atom. The molecule has 0 saturated carbocycles. The molecular formula is C17H23N3O2. The van der Waals surface area contributed by atoms with Crippen LogP contribution in [0.25, 0.3) is 0 Å². The molecular weight excluding hydrogens is 278 g/mol. The highest BCUT2D eigenvalue weighted by molar-refractivity contribution is 5.49. The van der Waals surface area contributed by atoms with Crippen LogP contribution in [-0.4, -0.2) is 35.4 Å². The molecule has 1 atom stereocenters. The van der Waals surface area contributed by atoms with Crippen LogP contribution in [0.15, 0.2) is 42.6 Å². The maximum Gasteiger partial charge on any atom is 0.126 e. The lowest BCUT2D eigenvalue weighted by atomic mass is 10.1. The van der Waals surface area contributed by atoms with Gasteiger partial charge in [-0.2, -0.15) is 0 Å². The van der Waals surface area contributed by atoms with Crippen molar-refractivity contribution in [2.24, 2.45) is 0 Å². The fraction of sp³-hybridized carbons (Fsp3) is 0.353. The molecule has 0 aliphatic heterocycles. The van der Waals surface area contributed by atoms with E-state index in [-0.39, 0.29) is 19.3 Å². The van der Waals surface area contributed by atoms with E-state index in [1.165, 1.54) is 0 Å². The van der Waals surface area contributed by atoms with E-state index in [2.05, 4.69) is 17.2 Å². The molecule has 0 fully saturated rings. The van der Waals surface area contributed by atoms with E-state index in [4.69, 9.17) is 5.11 Å². The summed E-state index contributed by atoms with van der Waals surface area (Å²) >= 11 is 0. The highest BCUT2D eigenvalue weighted by Crippen LogP contribution is 2.20. The maximum atomic E-state index is 9.20. The van der Waals surface area contributed by atoms with Crippen molar-refractivity contribution in [3.8, 4) is 0 Å². The van der Waals surface area contributed by atoms with E-state index >= 15 is 0 Å². The van der Waals surface area contributed by atoms with Crippen molar-refractivity contribution in [3.05, 3.63) is 53.7 Å². The fourth-order valence-electron chi connectivity index (χ4n) is 2.24. The fourth-order valence-corrected chi connectivity index (χ4v) is 2.24. The molecule has 22 heavy (non-hydrogen) atoms. The highest BCUT2D eigenvalue weighted by atomic mass is 16.3. The van der Waals surface area contributed by atoms with Gasteiger partial charge >= 0.3 is 0 Å². The predicted molar refractivity (Wildman–Crippen MR) is 89.0 cm³/mol. The lowest BCUT2D eigenvalue weighted by Crippen LogP contribution is -2.21. The lowest BCUT2D eigenvalue weighted by molar-refractivity contribution is 0.281. The van der Waals surface area contributed by atoms with Gasteiger partial charge in [-0.15, -0.1) is 0 Å². The van der Waals surface area contributed by atoms with Crippen molar-refractivity contribution < 1.29 is 10.2 Å². The zero-order chi connectivity index (χ0) is 15.9. The van der Waals surface area contributed by atoms with Crippen LogP contribution >= 0.6 is 0 Å². The number of aliphatic hydroxyl groups excluding tert-OH is 2. The number of anilines is 2. The Morgan fingerprint density at radius 3 is 2.68 bits per heavy atom. The smallest absolute Gasteiger partial charge is 0.126 e. The number of aromatic nitrogens is 1. The monoisotopic (exact) mass is 301 g/mol. The van der Waals surface area contributed by atoms with Gasteiger partial charge in [0, 0.05) is 19.6 Å². The normalized spacial score (nSPS) is 12.0. The number of rotatable bonds is 7. The molecule has 5 heteroatoms. The molecule has 0 radical (unpaired) electrons. The summed E-state index contributed by atoms with van der Waals surface area (Å²) in [6.45, 7) is 2.81. The Bertz CT molecular complexity index is 587. The van der Waals surface area contributed by atoms with Crippen LogP contribution in [0.1, 0.15) is 24.1 Å². The van der Waals surface area contributed by atoms with Crippen molar-refractivity contribution in [1.29, 1.82) is 0 Å². The second kappa shape index (κ2) is 7.77. The Balaban J connectivity index is 2.03. The summed E-state index contributed by atoms with van der Waals surface area (Å²) in [5, 5.41) is 21.5. The minimum atomic E-state index is 0.0463. The molecule has 2 aromatic rings. The van der Waals surface area contributed by atoms with Gasteiger partial charge in [0.15, 0.2) is 0 Å². The van der Waals surface area contributed by atoms with Crippen LogP contribution in [0.5, 0.6) is 0 Å². The first-order valence-corrected chi connectivity index (χ1v) is 7.38. The summed E-state index contributed by atoms with van der Waals surface area (Å²) in [5.41, 5.74) is 2.98. The molecule has 0 spiro atoms. The number of nitrogens with zero attached hydrogens (tertiary/aromatic N) is 2. The number of nitrogens with one attached hydrogen (secondary N) is 1. The van der Waals surface area contributed by atoms with Crippen molar-refractivity contribution in [3.63, 3.8) is 0 Å². The van der Waals surface area contributed by atoms with Crippen LogP contribution in [0.3, 0.4) is 0 Å². The average Bonchev–Trinajstić information content (AvgIpc) is 2.55. The Morgan fingerprint density at radius 1 is 1.23 bits per heavy atom. The molecule has 1 aromatic heterocycles. The minimum absolute atomic E-state index is 0.0463. The van der Waals surface area contributed by atoms with Gasteiger partial charge in [0.25, 0.3) is 0 Å². The van der Waals surface area contributed by atoms with Gasteiger partial charge < -0.3 is 20.4 Å². The zero-order valence-corrected chi connectivity index (χ0v) is 13.0. The topological polar surface area (TPSA) is 68.6 Å². The molecule has 0 aliphatic carbocycles. The summed E-state index contributed by atoms with van der Waals surface area (Å²) in [6.07, 6.45) is 1.79. The van der Waals surface area contributed by atoms with E-state index in [1.54, 1.807) is 6.20 Å². The largest absolute Gasteiger partial charge is 0.395 e. The third-order valence-corrected chi connectivity index (χ3v) is 3.62. The van der Waals surface area contributed by atoms with Crippen molar-refractivity contribution in [2.45, 2.75) is 19.6 Å².